The first kappa shape index (κ1) is 34.0. The van der Waals surface area contributed by atoms with Crippen molar-refractivity contribution < 1.29 is 21.7 Å². The maximum atomic E-state index is 5.34. The minimum atomic E-state index is -1.57. The van der Waals surface area contributed by atoms with E-state index in [2.05, 4.69) is 92.2 Å². The third-order valence-corrected chi connectivity index (χ3v) is 9.55. The summed E-state index contributed by atoms with van der Waals surface area (Å²) < 4.78 is 0. The summed E-state index contributed by atoms with van der Waals surface area (Å²) in [5.74, 6) is 2.42. The van der Waals surface area contributed by atoms with Crippen LogP contribution < -0.4 is 0 Å². The predicted molar refractivity (Wildman–Crippen MR) is 150 cm³/mol. The summed E-state index contributed by atoms with van der Waals surface area (Å²) in [6, 6.07) is 0. The molecule has 0 aromatic heterocycles. The molecule has 0 heterocycles. The maximum absolute atomic E-state index is 5.34. The molecule has 31 heavy (non-hydrogen) atoms. The third-order valence-electron chi connectivity index (χ3n) is 5.72. The Hall–Kier alpha value is 0.805. The van der Waals surface area contributed by atoms with Gasteiger partial charge in [0.2, 0.25) is 0 Å². The Morgan fingerprint density at radius 3 is 1.87 bits per heavy atom. The summed E-state index contributed by atoms with van der Waals surface area (Å²) in [6.07, 6.45) is 10.8. The zero-order valence-electron chi connectivity index (χ0n) is 22.9. The quantitative estimate of drug-likeness (QED) is 0.262. The Kier molecular flexibility index (Phi) is 14.9. The van der Waals surface area contributed by atoms with E-state index in [-0.39, 0.29) is 44.2 Å². The van der Waals surface area contributed by atoms with Gasteiger partial charge in [0.05, 0.1) is 0 Å². The molecule has 0 aromatic rings. The molecule has 2 saturated carbocycles. The van der Waals surface area contributed by atoms with Crippen LogP contribution in [0.2, 0.25) is 44.8 Å². The van der Waals surface area contributed by atoms with E-state index in [1.807, 2.05) is 0 Å². The molecule has 2 fully saturated rings. The second-order valence-electron chi connectivity index (χ2n) is 12.2. The predicted octanol–water partition coefficient (Wildman–Crippen LogP) is 8.20. The van der Waals surface area contributed by atoms with Gasteiger partial charge >= 0.3 is 21.7 Å². The Morgan fingerprint density at radius 2 is 1.45 bits per heavy atom. The zero-order valence-corrected chi connectivity index (χ0v) is 27.8. The molecule has 3 aliphatic carbocycles. The number of rotatable bonds is 2. The molecule has 0 N–H and O–H groups in total. The van der Waals surface area contributed by atoms with Gasteiger partial charge in [-0.15, -0.1) is 29.7 Å². The molecule has 4 unspecified atom stereocenters. The second kappa shape index (κ2) is 13.6. The maximum Gasteiger partial charge on any atom is 4.00 e. The summed E-state index contributed by atoms with van der Waals surface area (Å²) in [4.78, 5) is 5.34. The minimum absolute atomic E-state index is 0. The van der Waals surface area contributed by atoms with E-state index in [4.69, 9.17) is 4.98 Å². The van der Waals surface area contributed by atoms with E-state index in [1.165, 1.54) is 25.7 Å². The largest absolute Gasteiger partial charge is 4.00 e. The fourth-order valence-corrected chi connectivity index (χ4v) is 10.2. The zero-order chi connectivity index (χ0) is 22.6. The fourth-order valence-electron chi connectivity index (χ4n) is 5.55. The monoisotopic (exact) mass is 511 g/mol. The molecule has 0 aromatic carbocycles. The van der Waals surface area contributed by atoms with Gasteiger partial charge in [-0.05, 0) is 54.6 Å². The number of hydrogen-bond donors (Lipinski definition) is 0. The average Bonchev–Trinajstić information content (AvgIpc) is 3.03. The number of nitrogens with zero attached hydrogens (tertiary/aromatic N) is 1. The van der Waals surface area contributed by atoms with Crippen LogP contribution in [0.15, 0.2) is 23.3 Å². The number of allylic oxidation sites excluding steroid dienone is 4. The normalized spacial score (nSPS) is 27.4. The van der Waals surface area contributed by atoms with Crippen molar-refractivity contribution in [1.82, 2.24) is 0 Å². The van der Waals surface area contributed by atoms with Crippen LogP contribution in [0.4, 0.5) is 0 Å². The molecule has 3 aliphatic rings. The van der Waals surface area contributed by atoms with E-state index < -0.39 is 16.3 Å². The molecule has 0 aliphatic heterocycles. The Bertz CT molecular complexity index is 578. The third kappa shape index (κ3) is 11.7. The summed E-state index contributed by atoms with van der Waals surface area (Å²) in [6.45, 7) is 30.7. The van der Waals surface area contributed by atoms with Crippen LogP contribution in [0.1, 0.15) is 53.4 Å². The van der Waals surface area contributed by atoms with Gasteiger partial charge in [-0.1, -0.05) is 86.4 Å². The summed E-state index contributed by atoms with van der Waals surface area (Å²) in [5.41, 5.74) is 4.32. The summed E-state index contributed by atoms with van der Waals surface area (Å²) in [7, 11) is -2.26. The van der Waals surface area contributed by atoms with Crippen molar-refractivity contribution in [3.63, 3.8) is 0 Å². The van der Waals surface area contributed by atoms with Gasteiger partial charge < -0.3 is 25.5 Å². The molecular formula is C26H53NSi3Ti. The van der Waals surface area contributed by atoms with E-state index in [0.717, 1.165) is 23.3 Å². The van der Waals surface area contributed by atoms with Gasteiger partial charge in [-0.2, -0.15) is 0 Å². The van der Waals surface area contributed by atoms with Crippen LogP contribution in [-0.2, 0) is 21.7 Å². The minimum Gasteiger partial charge on any atom is -0.660 e. The first-order valence-corrected chi connectivity index (χ1v) is 21.0. The van der Waals surface area contributed by atoms with Crippen LogP contribution in [0.5, 0.6) is 0 Å². The molecule has 3 rings (SSSR count). The van der Waals surface area contributed by atoms with E-state index in [0.29, 0.717) is 0 Å². The van der Waals surface area contributed by atoms with E-state index in [1.54, 1.807) is 11.1 Å². The SMILES string of the molecule is CC1CC2C=C3CCCC3=CC2C1[Si](C)(C)[N-]C(C)(C)C.[CH2-][SiH2]C.[CH2-][Si](C)(C)C.[CH3-].[Ti+4]. The fraction of sp³-hybridized carbons (Fsp3) is 0.731. The number of fused-ring (bicyclic) bond motifs is 2. The molecule has 178 valence electrons. The summed E-state index contributed by atoms with van der Waals surface area (Å²) >= 11 is 0. The molecule has 0 spiro atoms. The van der Waals surface area contributed by atoms with Crippen molar-refractivity contribution in [3.8, 4) is 0 Å². The molecule has 0 saturated heterocycles. The van der Waals surface area contributed by atoms with Crippen LogP contribution in [0.25, 0.3) is 4.98 Å². The van der Waals surface area contributed by atoms with Crippen molar-refractivity contribution in [2.45, 2.75) is 104 Å². The molecule has 5 heteroatoms. The Morgan fingerprint density at radius 1 is 1.03 bits per heavy atom. The van der Waals surface area contributed by atoms with Crippen LogP contribution in [0.3, 0.4) is 0 Å². The smallest absolute Gasteiger partial charge is 0.660 e. The van der Waals surface area contributed by atoms with Crippen LogP contribution >= 0.6 is 0 Å². The van der Waals surface area contributed by atoms with Crippen molar-refractivity contribution in [1.29, 1.82) is 0 Å². The number of hydrogen-bond acceptors (Lipinski definition) is 0. The van der Waals surface area contributed by atoms with Gasteiger partial charge in [0, 0.05) is 0 Å². The Labute approximate surface area is 216 Å². The van der Waals surface area contributed by atoms with E-state index >= 15 is 0 Å². The summed E-state index contributed by atoms with van der Waals surface area (Å²) in [5, 5.41) is 0. The molecule has 1 nitrogen and oxygen atoms in total. The van der Waals surface area contributed by atoms with E-state index in [9.17, 15) is 0 Å². The molecular weight excluding hydrogens is 458 g/mol. The van der Waals surface area contributed by atoms with Crippen molar-refractivity contribution in [3.05, 3.63) is 48.8 Å². The topological polar surface area (TPSA) is 14.1 Å². The van der Waals surface area contributed by atoms with Gasteiger partial charge in [0.1, 0.15) is 0 Å². The molecule has 4 atom stereocenters. The first-order valence-electron chi connectivity index (χ1n) is 11.9. The van der Waals surface area contributed by atoms with Crippen LogP contribution in [-0.4, -0.2) is 31.4 Å². The second-order valence-corrected chi connectivity index (χ2v) is 22.5. The molecule has 0 amide bonds. The van der Waals surface area contributed by atoms with Gasteiger partial charge in [-0.25, -0.2) is 0 Å². The molecule has 0 bridgehead atoms. The van der Waals surface area contributed by atoms with Gasteiger partial charge in [0.15, 0.2) is 0 Å². The van der Waals surface area contributed by atoms with Crippen molar-refractivity contribution in [2.24, 2.45) is 17.8 Å². The van der Waals surface area contributed by atoms with Gasteiger partial charge in [0.25, 0.3) is 0 Å². The van der Waals surface area contributed by atoms with Crippen molar-refractivity contribution >= 4 is 25.8 Å². The molecule has 0 radical (unpaired) electrons. The first-order chi connectivity index (χ1) is 13.1. The van der Waals surface area contributed by atoms with Crippen molar-refractivity contribution in [2.75, 3.05) is 0 Å². The van der Waals surface area contributed by atoms with Crippen LogP contribution in [0, 0.1) is 38.3 Å². The average molecular weight is 512 g/mol. The van der Waals surface area contributed by atoms with Gasteiger partial charge in [-0.3, -0.25) is 0 Å². The Balaban J connectivity index is 0. The standard InChI is InChI=1S/C19H32NSi.C4H11Si.C2H7Si.CH3.Ti/c1-13-10-16-11-14-8-7-9-15(14)12-17(16)18(13)21(5,6)20-19(2,3)4;1-5(2,3)4;1-3-2;;/h11-13,16-18H,7-10H2,1-6H3;1H2,2-4H3;1,3H2,2H3;1H3;/q4*-1;+4.